The monoisotopic (exact) mass is 268 g/mol. The maximum Gasteiger partial charge on any atom is 0.325 e. The zero-order valence-corrected chi connectivity index (χ0v) is 12.3. The molecule has 1 saturated heterocycles. The van der Waals surface area contributed by atoms with Crippen molar-refractivity contribution in [3.8, 4) is 0 Å². The number of carbonyl (C=O) groups is 1. The second kappa shape index (κ2) is 6.23. The molecule has 0 aromatic heterocycles. The number of aliphatic carboxylic acids is 1. The Bertz CT molecular complexity index is 307. The fourth-order valence-corrected chi connectivity index (χ4v) is 3.33. The van der Waals surface area contributed by atoms with E-state index in [0.717, 1.165) is 25.9 Å². The highest BCUT2D eigenvalue weighted by atomic mass is 16.4. The van der Waals surface area contributed by atoms with Crippen LogP contribution < -0.4 is 5.32 Å². The lowest BCUT2D eigenvalue weighted by Crippen LogP contribution is -2.62. The van der Waals surface area contributed by atoms with Gasteiger partial charge in [-0.1, -0.05) is 12.8 Å². The number of hydrogen-bond acceptors (Lipinski definition) is 3. The summed E-state index contributed by atoms with van der Waals surface area (Å²) in [7, 11) is 0. The summed E-state index contributed by atoms with van der Waals surface area (Å²) < 4.78 is 0. The molecule has 2 aliphatic rings. The molecule has 0 spiro atoms. The van der Waals surface area contributed by atoms with Crippen LogP contribution in [0, 0.1) is 5.92 Å². The zero-order valence-electron chi connectivity index (χ0n) is 12.3. The van der Waals surface area contributed by atoms with Crippen molar-refractivity contribution in [3.05, 3.63) is 0 Å². The summed E-state index contributed by atoms with van der Waals surface area (Å²) in [6.07, 6.45) is 7.11. The number of rotatable bonds is 6. The molecule has 1 aliphatic carbocycles. The fraction of sp³-hybridized carbons (Fsp3) is 0.933. The van der Waals surface area contributed by atoms with Gasteiger partial charge in [-0.05, 0) is 58.5 Å². The van der Waals surface area contributed by atoms with Crippen LogP contribution in [0.2, 0.25) is 0 Å². The number of nitrogens with one attached hydrogen (secondary N) is 1. The minimum atomic E-state index is -0.724. The summed E-state index contributed by atoms with van der Waals surface area (Å²) in [5, 5.41) is 13.2. The molecule has 1 saturated carbocycles. The van der Waals surface area contributed by atoms with Crippen molar-refractivity contribution in [1.29, 1.82) is 0 Å². The Morgan fingerprint density at radius 1 is 1.26 bits per heavy atom. The molecule has 1 heterocycles. The van der Waals surface area contributed by atoms with Crippen LogP contribution >= 0.6 is 0 Å². The van der Waals surface area contributed by atoms with Gasteiger partial charge in [-0.15, -0.1) is 0 Å². The van der Waals surface area contributed by atoms with Crippen LogP contribution in [0.25, 0.3) is 0 Å². The maximum absolute atomic E-state index is 11.9. The third-order valence-corrected chi connectivity index (χ3v) is 4.37. The molecule has 1 aliphatic heterocycles. The molecule has 0 aromatic rings. The van der Waals surface area contributed by atoms with Crippen LogP contribution in [0.5, 0.6) is 0 Å². The van der Waals surface area contributed by atoms with Crippen molar-refractivity contribution in [2.45, 2.75) is 64.0 Å². The average molecular weight is 268 g/mol. The van der Waals surface area contributed by atoms with Gasteiger partial charge in [-0.2, -0.15) is 0 Å². The van der Waals surface area contributed by atoms with Gasteiger partial charge in [0.15, 0.2) is 0 Å². The number of hydrogen-bond donors (Lipinski definition) is 2. The first-order valence-corrected chi connectivity index (χ1v) is 7.78. The summed E-state index contributed by atoms with van der Waals surface area (Å²) in [5.74, 6) is -0.344. The van der Waals surface area contributed by atoms with Gasteiger partial charge in [0.1, 0.15) is 5.54 Å². The molecule has 19 heavy (non-hydrogen) atoms. The summed E-state index contributed by atoms with van der Waals surface area (Å²) >= 11 is 0. The number of likely N-dealkylation sites (tertiary alicyclic amines) is 1. The van der Waals surface area contributed by atoms with E-state index in [-0.39, 0.29) is 6.04 Å². The van der Waals surface area contributed by atoms with Gasteiger partial charge in [0.05, 0.1) is 0 Å². The van der Waals surface area contributed by atoms with Gasteiger partial charge in [0, 0.05) is 12.6 Å². The van der Waals surface area contributed by atoms with Crippen molar-refractivity contribution in [3.63, 3.8) is 0 Å². The highest BCUT2D eigenvalue weighted by Gasteiger charge is 2.52. The van der Waals surface area contributed by atoms with Crippen molar-refractivity contribution in [2.24, 2.45) is 5.92 Å². The zero-order chi connectivity index (χ0) is 13.9. The first-order chi connectivity index (χ1) is 9.04. The second-order valence-electron chi connectivity index (χ2n) is 6.54. The normalized spacial score (nSPS) is 25.0. The molecule has 0 radical (unpaired) electrons. The Labute approximate surface area is 116 Å². The van der Waals surface area contributed by atoms with E-state index in [1.807, 2.05) is 13.8 Å². The Morgan fingerprint density at radius 3 is 2.26 bits per heavy atom. The molecule has 110 valence electrons. The predicted molar refractivity (Wildman–Crippen MR) is 76.3 cm³/mol. The molecule has 2 fully saturated rings. The molecule has 4 nitrogen and oxygen atoms in total. The van der Waals surface area contributed by atoms with Gasteiger partial charge in [0.2, 0.25) is 0 Å². The van der Waals surface area contributed by atoms with Gasteiger partial charge < -0.3 is 10.0 Å². The van der Waals surface area contributed by atoms with Gasteiger partial charge >= 0.3 is 5.97 Å². The summed E-state index contributed by atoms with van der Waals surface area (Å²) in [5.41, 5.74) is -0.724. The fourth-order valence-electron chi connectivity index (χ4n) is 3.33. The Kier molecular flexibility index (Phi) is 4.85. The molecule has 4 heteroatoms. The van der Waals surface area contributed by atoms with E-state index in [1.54, 1.807) is 0 Å². The lowest BCUT2D eigenvalue weighted by atomic mass is 9.91. The highest BCUT2D eigenvalue weighted by molar-refractivity contribution is 5.80. The summed E-state index contributed by atoms with van der Waals surface area (Å²) in [6.45, 7) is 6.87. The van der Waals surface area contributed by atoms with Crippen LogP contribution in [-0.2, 0) is 4.79 Å². The molecular weight excluding hydrogens is 240 g/mol. The minimum absolute atomic E-state index is 0.212. The molecule has 1 unspecified atom stereocenters. The molecule has 2 rings (SSSR count). The van der Waals surface area contributed by atoms with Gasteiger partial charge in [0.25, 0.3) is 0 Å². The molecule has 0 amide bonds. The Balaban J connectivity index is 2.09. The first-order valence-electron chi connectivity index (χ1n) is 7.78. The van der Waals surface area contributed by atoms with E-state index in [4.69, 9.17) is 0 Å². The van der Waals surface area contributed by atoms with Crippen LogP contribution in [0.4, 0.5) is 0 Å². The van der Waals surface area contributed by atoms with Crippen molar-refractivity contribution in [2.75, 3.05) is 19.6 Å². The highest BCUT2D eigenvalue weighted by Crippen LogP contribution is 2.41. The lowest BCUT2D eigenvalue weighted by molar-refractivity contribution is -0.147. The SMILES string of the molecule is CC(C)NC(CN1CCCCCC1)(C(=O)O)C1CC1. The van der Waals surface area contributed by atoms with E-state index in [1.165, 1.54) is 25.7 Å². The Hall–Kier alpha value is -0.610. The quantitative estimate of drug-likeness (QED) is 0.774. The van der Waals surface area contributed by atoms with E-state index >= 15 is 0 Å². The number of carboxylic acid groups (broad SMARTS) is 1. The molecule has 1 atom stereocenters. The van der Waals surface area contributed by atoms with E-state index < -0.39 is 11.5 Å². The topological polar surface area (TPSA) is 52.6 Å². The third-order valence-electron chi connectivity index (χ3n) is 4.37. The van der Waals surface area contributed by atoms with Crippen LogP contribution in [-0.4, -0.2) is 47.2 Å². The van der Waals surface area contributed by atoms with E-state index in [2.05, 4.69) is 10.2 Å². The largest absolute Gasteiger partial charge is 0.480 e. The van der Waals surface area contributed by atoms with Crippen molar-refractivity contribution >= 4 is 5.97 Å². The van der Waals surface area contributed by atoms with Crippen LogP contribution in [0.1, 0.15) is 52.4 Å². The summed E-state index contributed by atoms with van der Waals surface area (Å²) in [4.78, 5) is 14.3. The van der Waals surface area contributed by atoms with Crippen LogP contribution in [0.3, 0.4) is 0 Å². The molecule has 0 aromatic carbocycles. The maximum atomic E-state index is 11.9. The standard InChI is InChI=1S/C15H28N2O2/c1-12(2)16-15(14(18)19,13-7-8-13)11-17-9-5-3-4-6-10-17/h12-13,16H,3-11H2,1-2H3,(H,18,19). The van der Waals surface area contributed by atoms with Gasteiger partial charge in [-0.3, -0.25) is 10.1 Å². The summed E-state index contributed by atoms with van der Waals surface area (Å²) in [6, 6.07) is 0.212. The van der Waals surface area contributed by atoms with E-state index in [0.29, 0.717) is 12.5 Å². The lowest BCUT2D eigenvalue weighted by Gasteiger charge is -2.37. The Morgan fingerprint density at radius 2 is 1.84 bits per heavy atom. The number of carboxylic acids is 1. The molecule has 0 bridgehead atoms. The first kappa shape index (κ1) is 14.8. The second-order valence-corrected chi connectivity index (χ2v) is 6.54. The molecule has 2 N–H and O–H groups in total. The average Bonchev–Trinajstić information content (AvgIpc) is 3.15. The van der Waals surface area contributed by atoms with E-state index in [9.17, 15) is 9.90 Å². The minimum Gasteiger partial charge on any atom is -0.480 e. The van der Waals surface area contributed by atoms with Crippen molar-refractivity contribution < 1.29 is 9.90 Å². The van der Waals surface area contributed by atoms with Crippen molar-refractivity contribution in [1.82, 2.24) is 10.2 Å². The van der Waals surface area contributed by atoms with Crippen LogP contribution in [0.15, 0.2) is 0 Å². The number of nitrogens with zero attached hydrogens (tertiary/aromatic N) is 1. The third kappa shape index (κ3) is 3.69. The van der Waals surface area contributed by atoms with Gasteiger partial charge in [-0.25, -0.2) is 0 Å². The smallest absolute Gasteiger partial charge is 0.325 e. The molecular formula is C15H28N2O2. The predicted octanol–water partition coefficient (Wildman–Crippen LogP) is 2.09.